The molecule has 0 aromatic heterocycles. The van der Waals surface area contributed by atoms with Gasteiger partial charge in [0.25, 0.3) is 0 Å². The molecule has 1 rings (SSSR count). The molecular formula is C16H28N4O6. The summed E-state index contributed by atoms with van der Waals surface area (Å²) in [5.41, 5.74) is 0. The fourth-order valence-electron chi connectivity index (χ4n) is 2.57. The summed E-state index contributed by atoms with van der Waals surface area (Å²) in [6.45, 7) is 3.26. The monoisotopic (exact) mass is 372 g/mol. The van der Waals surface area contributed by atoms with Gasteiger partial charge in [-0.3, -0.25) is 14.4 Å². The Labute approximate surface area is 152 Å². The second-order valence-electron chi connectivity index (χ2n) is 6.38. The number of nitrogens with one attached hydrogen (secondary N) is 4. The minimum absolute atomic E-state index is 0.146. The summed E-state index contributed by atoms with van der Waals surface area (Å²) in [4.78, 5) is 47.1. The number of carboxylic acid groups (broad SMARTS) is 1. The Kier molecular flexibility index (Phi) is 9.00. The lowest BCUT2D eigenvalue weighted by Gasteiger charge is -2.25. The summed E-state index contributed by atoms with van der Waals surface area (Å²) in [7, 11) is 0. The van der Waals surface area contributed by atoms with Gasteiger partial charge in [-0.05, 0) is 25.3 Å². The molecule has 1 aliphatic rings. The summed E-state index contributed by atoms with van der Waals surface area (Å²) >= 11 is 0. The van der Waals surface area contributed by atoms with Gasteiger partial charge in [-0.2, -0.15) is 0 Å². The van der Waals surface area contributed by atoms with Crippen molar-refractivity contribution in [3.63, 3.8) is 0 Å². The smallest absolute Gasteiger partial charge is 0.328 e. The van der Waals surface area contributed by atoms with Crippen LogP contribution in [0.4, 0.5) is 0 Å². The number of carboxylic acids is 1. The van der Waals surface area contributed by atoms with Crippen molar-refractivity contribution in [1.29, 1.82) is 0 Å². The number of aliphatic hydroxyl groups excluding tert-OH is 1. The Morgan fingerprint density at radius 1 is 1.23 bits per heavy atom. The van der Waals surface area contributed by atoms with Crippen molar-refractivity contribution in [2.24, 2.45) is 5.92 Å². The maximum Gasteiger partial charge on any atom is 0.328 e. The van der Waals surface area contributed by atoms with Crippen molar-refractivity contribution >= 4 is 23.7 Å². The van der Waals surface area contributed by atoms with Crippen LogP contribution in [-0.2, 0) is 19.2 Å². The predicted molar refractivity (Wildman–Crippen MR) is 92.1 cm³/mol. The minimum Gasteiger partial charge on any atom is -0.480 e. The Balaban J connectivity index is 2.58. The minimum atomic E-state index is -1.43. The second kappa shape index (κ2) is 10.7. The van der Waals surface area contributed by atoms with E-state index in [9.17, 15) is 19.2 Å². The molecule has 1 aliphatic heterocycles. The number of hydrogen-bond donors (Lipinski definition) is 6. The molecule has 6 N–H and O–H groups in total. The third-order valence-electron chi connectivity index (χ3n) is 4.41. The van der Waals surface area contributed by atoms with Gasteiger partial charge in [-0.25, -0.2) is 4.79 Å². The predicted octanol–water partition coefficient (Wildman–Crippen LogP) is -2.05. The fourth-order valence-corrected chi connectivity index (χ4v) is 2.57. The van der Waals surface area contributed by atoms with Gasteiger partial charge in [0.1, 0.15) is 12.1 Å². The van der Waals surface area contributed by atoms with Crippen molar-refractivity contribution in [1.82, 2.24) is 21.3 Å². The zero-order valence-corrected chi connectivity index (χ0v) is 15.1. The quantitative estimate of drug-likeness (QED) is 0.258. The Bertz CT molecular complexity index is 521. The molecule has 0 aromatic rings. The second-order valence-corrected chi connectivity index (χ2v) is 6.38. The van der Waals surface area contributed by atoms with Crippen LogP contribution in [0.15, 0.2) is 0 Å². The standard InChI is InChI=1S/C16H28N4O6/c1-3-9(2)13(20-14(23)10-5-4-6-17-10)15(24)18-7-12(22)19-11(8-21)16(25)26/h9-11,13,17,21H,3-8H2,1-2H3,(H,18,24)(H,19,22)(H,20,23)(H,25,26). The first-order valence-corrected chi connectivity index (χ1v) is 8.74. The summed E-state index contributed by atoms with van der Waals surface area (Å²) in [6, 6.07) is -2.55. The highest BCUT2D eigenvalue weighted by Crippen LogP contribution is 2.10. The molecule has 1 heterocycles. The van der Waals surface area contributed by atoms with Crippen molar-refractivity contribution < 1.29 is 29.4 Å². The van der Waals surface area contributed by atoms with Gasteiger partial charge in [0, 0.05) is 0 Å². The third kappa shape index (κ3) is 6.60. The van der Waals surface area contributed by atoms with E-state index in [1.54, 1.807) is 0 Å². The van der Waals surface area contributed by atoms with Gasteiger partial charge < -0.3 is 31.5 Å². The van der Waals surface area contributed by atoms with Crippen LogP contribution in [0.2, 0.25) is 0 Å². The molecular weight excluding hydrogens is 344 g/mol. The first-order valence-electron chi connectivity index (χ1n) is 8.74. The van der Waals surface area contributed by atoms with Gasteiger partial charge in [0.15, 0.2) is 0 Å². The molecule has 1 fully saturated rings. The average molecular weight is 372 g/mol. The third-order valence-corrected chi connectivity index (χ3v) is 4.41. The number of amides is 3. The molecule has 0 bridgehead atoms. The van der Waals surface area contributed by atoms with Gasteiger partial charge in [0.2, 0.25) is 17.7 Å². The molecule has 0 spiro atoms. The van der Waals surface area contributed by atoms with Crippen LogP contribution in [0.5, 0.6) is 0 Å². The Morgan fingerprint density at radius 2 is 1.92 bits per heavy atom. The van der Waals surface area contributed by atoms with Crippen LogP contribution in [0, 0.1) is 5.92 Å². The number of hydrogen-bond acceptors (Lipinski definition) is 6. The SMILES string of the molecule is CCC(C)C(NC(=O)C1CCCN1)C(=O)NCC(=O)NC(CO)C(=O)O. The maximum atomic E-state index is 12.4. The molecule has 4 atom stereocenters. The van der Waals surface area contributed by atoms with E-state index in [0.717, 1.165) is 13.0 Å². The van der Waals surface area contributed by atoms with E-state index in [1.807, 2.05) is 13.8 Å². The first-order chi connectivity index (χ1) is 12.3. The van der Waals surface area contributed by atoms with E-state index in [0.29, 0.717) is 12.8 Å². The van der Waals surface area contributed by atoms with Crippen LogP contribution in [0.25, 0.3) is 0 Å². The summed E-state index contributed by atoms with van der Waals surface area (Å²) in [5.74, 6) is -3.03. The molecule has 0 aliphatic carbocycles. The van der Waals surface area contributed by atoms with E-state index in [4.69, 9.17) is 10.2 Å². The van der Waals surface area contributed by atoms with Crippen molar-refractivity contribution in [3.05, 3.63) is 0 Å². The molecule has 4 unspecified atom stereocenters. The number of aliphatic carboxylic acids is 1. The molecule has 0 aromatic carbocycles. The van der Waals surface area contributed by atoms with E-state index in [1.165, 1.54) is 0 Å². The van der Waals surface area contributed by atoms with Gasteiger partial charge in [-0.1, -0.05) is 20.3 Å². The number of carbonyl (C=O) groups is 4. The Hall–Kier alpha value is -2.20. The van der Waals surface area contributed by atoms with Crippen LogP contribution in [0.1, 0.15) is 33.1 Å². The van der Waals surface area contributed by atoms with Crippen molar-refractivity contribution in [3.8, 4) is 0 Å². The topological polar surface area (TPSA) is 157 Å². The van der Waals surface area contributed by atoms with E-state index in [-0.39, 0.29) is 17.9 Å². The highest BCUT2D eigenvalue weighted by Gasteiger charge is 2.30. The first kappa shape index (κ1) is 21.8. The van der Waals surface area contributed by atoms with Gasteiger partial charge >= 0.3 is 5.97 Å². The van der Waals surface area contributed by atoms with Crippen LogP contribution >= 0.6 is 0 Å². The highest BCUT2D eigenvalue weighted by molar-refractivity contribution is 5.92. The molecule has 3 amide bonds. The zero-order chi connectivity index (χ0) is 19.7. The van der Waals surface area contributed by atoms with Crippen LogP contribution < -0.4 is 21.3 Å². The summed E-state index contributed by atoms with van der Waals surface area (Å²) < 4.78 is 0. The molecule has 0 saturated carbocycles. The van der Waals surface area contributed by atoms with E-state index >= 15 is 0 Å². The molecule has 1 saturated heterocycles. The zero-order valence-electron chi connectivity index (χ0n) is 15.1. The normalized spacial score (nSPS) is 19.9. The summed E-state index contributed by atoms with van der Waals surface area (Å²) in [6.07, 6.45) is 2.25. The molecule has 148 valence electrons. The van der Waals surface area contributed by atoms with Crippen molar-refractivity contribution in [2.75, 3.05) is 19.7 Å². The number of carbonyl (C=O) groups excluding carboxylic acids is 3. The fraction of sp³-hybridized carbons (Fsp3) is 0.750. The summed E-state index contributed by atoms with van der Waals surface area (Å²) in [5, 5.41) is 27.9. The maximum absolute atomic E-state index is 12.4. The van der Waals surface area contributed by atoms with Crippen LogP contribution in [0.3, 0.4) is 0 Å². The van der Waals surface area contributed by atoms with E-state index < -0.39 is 43.0 Å². The molecule has 10 nitrogen and oxygen atoms in total. The van der Waals surface area contributed by atoms with Gasteiger partial charge in [0.05, 0.1) is 19.2 Å². The Morgan fingerprint density at radius 3 is 2.42 bits per heavy atom. The largest absolute Gasteiger partial charge is 0.480 e. The van der Waals surface area contributed by atoms with Gasteiger partial charge in [-0.15, -0.1) is 0 Å². The molecule has 26 heavy (non-hydrogen) atoms. The average Bonchev–Trinajstić information content (AvgIpc) is 3.15. The lowest BCUT2D eigenvalue weighted by molar-refractivity contribution is -0.142. The lowest BCUT2D eigenvalue weighted by atomic mass is 9.97. The van der Waals surface area contributed by atoms with E-state index in [2.05, 4.69) is 21.3 Å². The molecule has 0 radical (unpaired) electrons. The lowest BCUT2D eigenvalue weighted by Crippen LogP contribution is -2.55. The molecule has 10 heteroatoms. The number of rotatable bonds is 10. The number of aliphatic hydroxyl groups is 1. The van der Waals surface area contributed by atoms with Crippen molar-refractivity contribution in [2.45, 2.75) is 51.2 Å². The van der Waals surface area contributed by atoms with Crippen LogP contribution in [-0.4, -0.2) is 71.7 Å². The highest BCUT2D eigenvalue weighted by atomic mass is 16.4.